The van der Waals surface area contributed by atoms with Crippen LogP contribution in [0.4, 0.5) is 4.79 Å². The first-order chi connectivity index (χ1) is 10.6. The summed E-state index contributed by atoms with van der Waals surface area (Å²) in [5.41, 5.74) is 1.93. The van der Waals surface area contributed by atoms with E-state index in [1.807, 2.05) is 50.4 Å². The lowest BCUT2D eigenvalue weighted by molar-refractivity contribution is 0.212. The van der Waals surface area contributed by atoms with E-state index in [0.717, 1.165) is 11.3 Å². The summed E-state index contributed by atoms with van der Waals surface area (Å²) in [5, 5.41) is 18.9. The van der Waals surface area contributed by atoms with Gasteiger partial charge >= 0.3 is 6.03 Å². The number of hydrogen-bond acceptors (Lipinski definition) is 3. The smallest absolute Gasteiger partial charge is 0.315 e. The van der Waals surface area contributed by atoms with Gasteiger partial charge < -0.3 is 15.7 Å². The molecule has 0 aliphatic carbocycles. The molecule has 2 rings (SSSR count). The molecule has 0 fully saturated rings. The van der Waals surface area contributed by atoms with E-state index in [1.54, 1.807) is 10.9 Å². The second-order valence-corrected chi connectivity index (χ2v) is 5.17. The number of carbonyl (C=O) groups excluding carboxylic acids is 1. The number of nitrogens with one attached hydrogen (secondary N) is 2. The highest BCUT2D eigenvalue weighted by Gasteiger charge is 2.13. The first-order valence-corrected chi connectivity index (χ1v) is 7.42. The van der Waals surface area contributed by atoms with Crippen molar-refractivity contribution in [1.29, 1.82) is 0 Å². The number of rotatable bonds is 6. The van der Waals surface area contributed by atoms with Gasteiger partial charge in [0.15, 0.2) is 0 Å². The van der Waals surface area contributed by atoms with Crippen molar-refractivity contribution in [3.05, 3.63) is 48.3 Å². The van der Waals surface area contributed by atoms with E-state index >= 15 is 0 Å². The molecule has 0 spiro atoms. The number of nitrogens with zero attached hydrogens (tertiary/aromatic N) is 2. The van der Waals surface area contributed by atoms with Crippen LogP contribution in [0.1, 0.15) is 31.9 Å². The van der Waals surface area contributed by atoms with E-state index in [4.69, 9.17) is 5.11 Å². The Morgan fingerprint density at radius 2 is 2.18 bits per heavy atom. The Bertz CT molecular complexity index is 594. The fraction of sp³-hybridized carbons (Fsp3) is 0.375. The quantitative estimate of drug-likeness (QED) is 0.763. The van der Waals surface area contributed by atoms with Gasteiger partial charge in [0, 0.05) is 12.4 Å². The summed E-state index contributed by atoms with van der Waals surface area (Å²) in [6.45, 7) is 3.77. The summed E-state index contributed by atoms with van der Waals surface area (Å²) in [5.74, 6) is 0. The molecule has 2 atom stereocenters. The summed E-state index contributed by atoms with van der Waals surface area (Å²) < 4.78 is 1.77. The van der Waals surface area contributed by atoms with Crippen molar-refractivity contribution in [3.8, 4) is 5.69 Å². The fourth-order valence-corrected chi connectivity index (χ4v) is 2.14. The zero-order valence-corrected chi connectivity index (χ0v) is 12.9. The molecule has 2 unspecified atom stereocenters. The predicted molar refractivity (Wildman–Crippen MR) is 84.8 cm³/mol. The number of aromatic nitrogens is 2. The van der Waals surface area contributed by atoms with Gasteiger partial charge in [0.2, 0.25) is 0 Å². The molecule has 0 bridgehead atoms. The third kappa shape index (κ3) is 4.08. The predicted octanol–water partition coefficient (Wildman–Crippen LogP) is 2.00. The number of urea groups is 1. The minimum atomic E-state index is -0.280. The summed E-state index contributed by atoms with van der Waals surface area (Å²) in [6.07, 6.45) is 4.28. The van der Waals surface area contributed by atoms with Gasteiger partial charge in [0.1, 0.15) is 0 Å². The van der Waals surface area contributed by atoms with Gasteiger partial charge in [-0.2, -0.15) is 5.10 Å². The summed E-state index contributed by atoms with van der Waals surface area (Å²) in [4.78, 5) is 11.9. The topological polar surface area (TPSA) is 79.2 Å². The summed E-state index contributed by atoms with van der Waals surface area (Å²) in [6, 6.07) is 9.06. The monoisotopic (exact) mass is 302 g/mol. The molecule has 6 heteroatoms. The largest absolute Gasteiger partial charge is 0.394 e. The molecule has 6 nitrogen and oxygen atoms in total. The zero-order valence-electron chi connectivity index (χ0n) is 12.9. The molecule has 2 amide bonds. The fourth-order valence-electron chi connectivity index (χ4n) is 2.14. The normalized spacial score (nSPS) is 13.4. The van der Waals surface area contributed by atoms with E-state index in [2.05, 4.69) is 15.7 Å². The highest BCUT2D eigenvalue weighted by atomic mass is 16.3. The molecule has 22 heavy (non-hydrogen) atoms. The molecule has 1 aromatic heterocycles. The van der Waals surface area contributed by atoms with Gasteiger partial charge in [-0.3, -0.25) is 0 Å². The van der Waals surface area contributed by atoms with Crippen molar-refractivity contribution in [2.45, 2.75) is 32.4 Å². The van der Waals surface area contributed by atoms with Gasteiger partial charge in [-0.1, -0.05) is 19.1 Å². The number of carbonyl (C=O) groups is 1. The van der Waals surface area contributed by atoms with Crippen molar-refractivity contribution in [3.63, 3.8) is 0 Å². The maximum atomic E-state index is 11.9. The molecule has 1 heterocycles. The molecule has 0 aliphatic rings. The van der Waals surface area contributed by atoms with E-state index in [-0.39, 0.29) is 24.7 Å². The molecule has 1 aromatic carbocycles. The molecule has 0 saturated carbocycles. The van der Waals surface area contributed by atoms with Crippen LogP contribution < -0.4 is 10.6 Å². The van der Waals surface area contributed by atoms with Crippen LogP contribution >= 0.6 is 0 Å². The second kappa shape index (κ2) is 7.61. The minimum Gasteiger partial charge on any atom is -0.394 e. The van der Waals surface area contributed by atoms with E-state index in [0.29, 0.717) is 6.42 Å². The van der Waals surface area contributed by atoms with Crippen LogP contribution in [0.3, 0.4) is 0 Å². The third-order valence-electron chi connectivity index (χ3n) is 3.54. The van der Waals surface area contributed by atoms with Crippen molar-refractivity contribution in [2.24, 2.45) is 0 Å². The van der Waals surface area contributed by atoms with Gasteiger partial charge in [-0.05, 0) is 37.1 Å². The highest BCUT2D eigenvalue weighted by Crippen LogP contribution is 2.16. The average Bonchev–Trinajstić information content (AvgIpc) is 3.07. The molecule has 118 valence electrons. The van der Waals surface area contributed by atoms with Crippen LogP contribution in [0, 0.1) is 0 Å². The molecule has 2 aromatic rings. The third-order valence-corrected chi connectivity index (χ3v) is 3.54. The number of aliphatic hydroxyl groups is 1. The number of hydrogen-bond donors (Lipinski definition) is 3. The maximum Gasteiger partial charge on any atom is 0.315 e. The van der Waals surface area contributed by atoms with Gasteiger partial charge in [-0.15, -0.1) is 0 Å². The lowest BCUT2D eigenvalue weighted by Crippen LogP contribution is -2.44. The Kier molecular flexibility index (Phi) is 5.55. The summed E-state index contributed by atoms with van der Waals surface area (Å²) >= 11 is 0. The van der Waals surface area contributed by atoms with Crippen LogP contribution in [-0.4, -0.2) is 33.6 Å². The van der Waals surface area contributed by atoms with E-state index in [1.165, 1.54) is 0 Å². The van der Waals surface area contributed by atoms with Crippen LogP contribution in [0.15, 0.2) is 42.7 Å². The highest BCUT2D eigenvalue weighted by molar-refractivity contribution is 5.74. The molecule has 3 N–H and O–H groups in total. The molecule has 0 aliphatic heterocycles. The van der Waals surface area contributed by atoms with Gasteiger partial charge in [-0.25, -0.2) is 9.48 Å². The van der Waals surface area contributed by atoms with Crippen LogP contribution in [0.5, 0.6) is 0 Å². The van der Waals surface area contributed by atoms with E-state index in [9.17, 15) is 4.79 Å². The minimum absolute atomic E-state index is 0.0624. The Balaban J connectivity index is 2.02. The number of benzene rings is 1. The Morgan fingerprint density at radius 1 is 1.36 bits per heavy atom. The Morgan fingerprint density at radius 3 is 2.82 bits per heavy atom. The molecular weight excluding hydrogens is 280 g/mol. The van der Waals surface area contributed by atoms with Crippen LogP contribution in [-0.2, 0) is 0 Å². The molecular formula is C16H22N4O2. The average molecular weight is 302 g/mol. The number of amides is 2. The zero-order chi connectivity index (χ0) is 15.9. The van der Waals surface area contributed by atoms with Crippen molar-refractivity contribution >= 4 is 6.03 Å². The van der Waals surface area contributed by atoms with Crippen molar-refractivity contribution in [1.82, 2.24) is 20.4 Å². The first kappa shape index (κ1) is 16.0. The van der Waals surface area contributed by atoms with Crippen LogP contribution in [0.25, 0.3) is 5.69 Å². The van der Waals surface area contributed by atoms with Crippen LogP contribution in [0.2, 0.25) is 0 Å². The lowest BCUT2D eigenvalue weighted by Gasteiger charge is -2.19. The Labute approximate surface area is 130 Å². The van der Waals surface area contributed by atoms with Gasteiger partial charge in [0.25, 0.3) is 0 Å². The van der Waals surface area contributed by atoms with E-state index < -0.39 is 0 Å². The van der Waals surface area contributed by atoms with Crippen molar-refractivity contribution < 1.29 is 9.90 Å². The molecule has 0 radical (unpaired) electrons. The number of aliphatic hydroxyl groups excluding tert-OH is 1. The standard InChI is InChI=1S/C16H22N4O2/c1-3-14(11-21)19-16(22)18-12(2)13-6-4-7-15(10-13)20-9-5-8-17-20/h4-10,12,14,21H,3,11H2,1-2H3,(H2,18,19,22). The first-order valence-electron chi connectivity index (χ1n) is 7.42. The SMILES string of the molecule is CCC(CO)NC(=O)NC(C)c1cccc(-n2cccn2)c1. The maximum absolute atomic E-state index is 11.9. The Hall–Kier alpha value is -2.34. The van der Waals surface area contributed by atoms with Gasteiger partial charge in [0.05, 0.1) is 24.4 Å². The molecule has 0 saturated heterocycles. The second-order valence-electron chi connectivity index (χ2n) is 5.17. The van der Waals surface area contributed by atoms with Crippen molar-refractivity contribution in [2.75, 3.05) is 6.61 Å². The lowest BCUT2D eigenvalue weighted by atomic mass is 10.1. The summed E-state index contributed by atoms with van der Waals surface area (Å²) in [7, 11) is 0.